The molecule has 2 aromatic carbocycles. The largest absolute Gasteiger partial charge is 0.461 e. The van der Waals surface area contributed by atoms with Crippen molar-refractivity contribution in [2.45, 2.75) is 15.8 Å². The van der Waals surface area contributed by atoms with Gasteiger partial charge in [0.15, 0.2) is 10.9 Å². The van der Waals surface area contributed by atoms with Crippen molar-refractivity contribution in [1.29, 1.82) is 0 Å². The molecule has 0 saturated carbocycles. The third kappa shape index (κ3) is 4.96. The molecule has 0 spiro atoms. The normalized spacial score (nSPS) is 11.6. The van der Waals surface area contributed by atoms with Gasteiger partial charge in [-0.15, -0.1) is 10.2 Å². The summed E-state index contributed by atoms with van der Waals surface area (Å²) in [6, 6.07) is 17.4. The van der Waals surface area contributed by atoms with Crippen LogP contribution < -0.4 is 5.32 Å². The minimum Gasteiger partial charge on any atom is -0.461 e. The summed E-state index contributed by atoms with van der Waals surface area (Å²) in [7, 11) is -4.69. The number of nitrogens with one attached hydrogen (secondary N) is 1. The molecule has 1 N–H and O–H groups in total. The van der Waals surface area contributed by atoms with Crippen LogP contribution in [0.4, 0.5) is 14.5 Å². The summed E-state index contributed by atoms with van der Waals surface area (Å²) in [6.45, 7) is 0. The molecule has 0 unspecified atom stereocenters. The third-order valence-corrected chi connectivity index (χ3v) is 6.75. The fourth-order valence-electron chi connectivity index (χ4n) is 2.90. The number of carbonyl (C=O) groups excluding carboxylic acids is 1. The average molecular weight is 491 g/mol. The van der Waals surface area contributed by atoms with E-state index in [1.165, 1.54) is 18.4 Å². The number of nitrogens with zero attached hydrogens (tertiary/aromatic N) is 3. The van der Waals surface area contributed by atoms with E-state index in [1.54, 1.807) is 16.7 Å². The van der Waals surface area contributed by atoms with Crippen LogP contribution in [0, 0.1) is 0 Å². The van der Waals surface area contributed by atoms with Crippen LogP contribution in [0.3, 0.4) is 0 Å². The van der Waals surface area contributed by atoms with Crippen LogP contribution in [0.5, 0.6) is 0 Å². The number of hydrogen-bond acceptors (Lipinski definition) is 7. The Hall–Kier alpha value is -3.51. The van der Waals surface area contributed by atoms with Crippen molar-refractivity contribution in [1.82, 2.24) is 14.8 Å². The number of alkyl halides is 2. The van der Waals surface area contributed by atoms with E-state index in [9.17, 15) is 22.0 Å². The van der Waals surface area contributed by atoms with E-state index in [2.05, 4.69) is 15.5 Å². The lowest BCUT2D eigenvalue weighted by Crippen LogP contribution is -2.15. The van der Waals surface area contributed by atoms with Crippen LogP contribution in [0.15, 0.2) is 87.5 Å². The number of aromatic nitrogens is 3. The van der Waals surface area contributed by atoms with Gasteiger partial charge < -0.3 is 9.73 Å². The molecule has 12 heteroatoms. The fraction of sp³-hybridized carbons (Fsp3) is 0.0952. The summed E-state index contributed by atoms with van der Waals surface area (Å²) in [5, 5.41) is 11.4. The van der Waals surface area contributed by atoms with Gasteiger partial charge in [0.05, 0.1) is 16.9 Å². The highest BCUT2D eigenvalue weighted by atomic mass is 32.2. The van der Waals surface area contributed by atoms with Crippen molar-refractivity contribution >= 4 is 33.2 Å². The van der Waals surface area contributed by atoms with Crippen molar-refractivity contribution in [3.8, 4) is 17.3 Å². The Kier molecular flexibility index (Phi) is 6.56. The van der Waals surface area contributed by atoms with Crippen molar-refractivity contribution in [3.05, 3.63) is 73.0 Å². The number of thioether (sulfide) groups is 1. The third-order valence-electron chi connectivity index (χ3n) is 4.42. The lowest BCUT2D eigenvalue weighted by Gasteiger charge is -2.09. The molecular weight excluding hydrogens is 474 g/mol. The SMILES string of the molecule is O=C(CSc1nnc(-c2ccco2)n1-c1ccccc1)Nc1ccc(S(=O)(=O)C(F)F)cc1. The molecule has 170 valence electrons. The Labute approximate surface area is 191 Å². The highest BCUT2D eigenvalue weighted by Gasteiger charge is 2.26. The molecule has 8 nitrogen and oxygen atoms in total. The van der Waals surface area contributed by atoms with Gasteiger partial charge in [0, 0.05) is 11.4 Å². The average Bonchev–Trinajstić information content (AvgIpc) is 3.48. The smallest absolute Gasteiger partial charge is 0.341 e. The van der Waals surface area contributed by atoms with Gasteiger partial charge in [0.2, 0.25) is 21.6 Å². The van der Waals surface area contributed by atoms with E-state index in [1.807, 2.05) is 30.3 Å². The quantitative estimate of drug-likeness (QED) is 0.368. The minimum atomic E-state index is -4.69. The number of hydrogen-bond donors (Lipinski definition) is 1. The Balaban J connectivity index is 1.48. The number of para-hydroxylation sites is 1. The van der Waals surface area contributed by atoms with Crippen molar-refractivity contribution in [2.24, 2.45) is 0 Å². The van der Waals surface area contributed by atoms with Gasteiger partial charge in [-0.25, -0.2) is 8.42 Å². The maximum absolute atomic E-state index is 12.6. The monoisotopic (exact) mass is 490 g/mol. The predicted octanol–water partition coefficient (Wildman–Crippen LogP) is 4.25. The lowest BCUT2D eigenvalue weighted by molar-refractivity contribution is -0.113. The zero-order valence-electron chi connectivity index (χ0n) is 16.8. The van der Waals surface area contributed by atoms with E-state index in [0.29, 0.717) is 16.7 Å². The van der Waals surface area contributed by atoms with Gasteiger partial charge in [0.1, 0.15) is 0 Å². The first-order chi connectivity index (χ1) is 15.9. The number of furan rings is 1. The maximum atomic E-state index is 12.6. The Morgan fingerprint density at radius 3 is 2.39 bits per heavy atom. The number of rotatable bonds is 8. The molecule has 0 radical (unpaired) electrons. The first-order valence-corrected chi connectivity index (χ1v) is 12.0. The van der Waals surface area contributed by atoms with Gasteiger partial charge in [-0.05, 0) is 48.5 Å². The Bertz CT molecular complexity index is 1340. The van der Waals surface area contributed by atoms with E-state index in [4.69, 9.17) is 4.42 Å². The fourth-order valence-corrected chi connectivity index (χ4v) is 4.37. The number of halogens is 2. The van der Waals surface area contributed by atoms with Gasteiger partial charge in [-0.3, -0.25) is 9.36 Å². The summed E-state index contributed by atoms with van der Waals surface area (Å²) in [4.78, 5) is 11.9. The van der Waals surface area contributed by atoms with Crippen LogP contribution in [0.25, 0.3) is 17.3 Å². The zero-order chi connectivity index (χ0) is 23.4. The van der Waals surface area contributed by atoms with Gasteiger partial charge in [0.25, 0.3) is 0 Å². The van der Waals surface area contributed by atoms with Gasteiger partial charge in [-0.1, -0.05) is 30.0 Å². The molecule has 2 aromatic heterocycles. The number of amides is 1. The number of carbonyl (C=O) groups is 1. The Morgan fingerprint density at radius 1 is 1.03 bits per heavy atom. The molecule has 4 rings (SSSR count). The zero-order valence-corrected chi connectivity index (χ0v) is 18.4. The number of sulfone groups is 1. The lowest BCUT2D eigenvalue weighted by atomic mass is 10.3. The molecule has 33 heavy (non-hydrogen) atoms. The molecule has 0 aliphatic heterocycles. The molecule has 0 fully saturated rings. The molecule has 0 saturated heterocycles. The second-order valence-corrected chi connectivity index (χ2v) is 9.48. The summed E-state index contributed by atoms with van der Waals surface area (Å²) in [5.74, 6) is -2.94. The first kappa shape index (κ1) is 22.7. The summed E-state index contributed by atoms with van der Waals surface area (Å²) < 4.78 is 55.5. The molecule has 0 aliphatic carbocycles. The van der Waals surface area contributed by atoms with E-state index in [-0.39, 0.29) is 11.4 Å². The maximum Gasteiger partial charge on any atom is 0.341 e. The molecular formula is C21H16F2N4O4S2. The van der Waals surface area contributed by atoms with E-state index in [0.717, 1.165) is 29.6 Å². The second-order valence-electron chi connectivity index (χ2n) is 6.62. The second kappa shape index (κ2) is 9.55. The number of benzene rings is 2. The topological polar surface area (TPSA) is 107 Å². The molecule has 0 aliphatic rings. The van der Waals surface area contributed by atoms with Gasteiger partial charge >= 0.3 is 5.76 Å². The molecule has 2 heterocycles. The van der Waals surface area contributed by atoms with Crippen LogP contribution in [0.1, 0.15) is 0 Å². The highest BCUT2D eigenvalue weighted by molar-refractivity contribution is 7.99. The van der Waals surface area contributed by atoms with E-state index >= 15 is 0 Å². The summed E-state index contributed by atoms with van der Waals surface area (Å²) >= 11 is 1.14. The Morgan fingerprint density at radius 2 is 1.76 bits per heavy atom. The van der Waals surface area contributed by atoms with Crippen LogP contribution in [0.2, 0.25) is 0 Å². The van der Waals surface area contributed by atoms with Crippen LogP contribution in [-0.2, 0) is 14.6 Å². The number of anilines is 1. The molecule has 0 bridgehead atoms. The standard InChI is InChI=1S/C21H16F2N4O4S2/c22-20(23)33(29,30)16-10-8-14(9-11-16)24-18(28)13-32-21-26-25-19(17-7-4-12-31-17)27(21)15-5-2-1-3-6-15/h1-12,20H,13H2,(H,24,28). The van der Waals surface area contributed by atoms with Crippen LogP contribution >= 0.6 is 11.8 Å². The van der Waals surface area contributed by atoms with Crippen molar-refractivity contribution < 1.29 is 26.4 Å². The summed E-state index contributed by atoms with van der Waals surface area (Å²) in [6.07, 6.45) is 1.53. The van der Waals surface area contributed by atoms with Crippen molar-refractivity contribution in [3.63, 3.8) is 0 Å². The van der Waals surface area contributed by atoms with Crippen LogP contribution in [-0.4, -0.2) is 40.6 Å². The molecule has 0 atom stereocenters. The summed E-state index contributed by atoms with van der Waals surface area (Å²) in [5.41, 5.74) is 1.06. The minimum absolute atomic E-state index is 0.0276. The molecule has 1 amide bonds. The van der Waals surface area contributed by atoms with E-state index < -0.39 is 26.4 Å². The first-order valence-electron chi connectivity index (χ1n) is 9.46. The highest BCUT2D eigenvalue weighted by Crippen LogP contribution is 2.28. The van der Waals surface area contributed by atoms with Gasteiger partial charge in [-0.2, -0.15) is 8.78 Å². The predicted molar refractivity (Wildman–Crippen MR) is 118 cm³/mol. The molecule has 4 aromatic rings. The van der Waals surface area contributed by atoms with Crippen molar-refractivity contribution in [2.75, 3.05) is 11.1 Å².